The Balaban J connectivity index is 2.00. The Kier molecular flexibility index (Phi) is 4.65. The first-order valence-electron chi connectivity index (χ1n) is 7.97. The second-order valence-corrected chi connectivity index (χ2v) is 5.98. The van der Waals surface area contributed by atoms with Gasteiger partial charge in [0.05, 0.1) is 0 Å². The van der Waals surface area contributed by atoms with Crippen molar-refractivity contribution in [2.45, 2.75) is 18.1 Å². The second kappa shape index (κ2) is 6.87. The molecule has 0 aliphatic rings. The molecule has 0 saturated heterocycles. The van der Waals surface area contributed by atoms with Crippen molar-refractivity contribution in [2.75, 3.05) is 0 Å². The highest BCUT2D eigenvalue weighted by Gasteiger charge is 2.37. The van der Waals surface area contributed by atoms with Gasteiger partial charge in [0.15, 0.2) is 0 Å². The van der Waals surface area contributed by atoms with Gasteiger partial charge in [-0.3, -0.25) is 0 Å². The van der Waals surface area contributed by atoms with Crippen LogP contribution < -0.4 is 5.73 Å². The van der Waals surface area contributed by atoms with E-state index < -0.39 is 11.6 Å². The van der Waals surface area contributed by atoms with E-state index in [0.29, 0.717) is 6.42 Å². The van der Waals surface area contributed by atoms with Crippen molar-refractivity contribution in [2.24, 2.45) is 5.73 Å². The topological polar surface area (TPSA) is 66.5 Å². The molecular weight excluding hydrogens is 298 g/mol. The van der Waals surface area contributed by atoms with Gasteiger partial charge in [0.25, 0.3) is 0 Å². The first-order valence-corrected chi connectivity index (χ1v) is 7.97. The van der Waals surface area contributed by atoms with E-state index in [9.17, 15) is 10.2 Å². The van der Waals surface area contributed by atoms with Crippen LogP contribution in [0.3, 0.4) is 0 Å². The summed E-state index contributed by atoms with van der Waals surface area (Å²) in [5.74, 6) is 0.216. The van der Waals surface area contributed by atoms with Crippen LogP contribution in [0, 0.1) is 0 Å². The summed E-state index contributed by atoms with van der Waals surface area (Å²) in [7, 11) is 0. The molecule has 1 unspecified atom stereocenters. The Labute approximate surface area is 142 Å². The molecule has 0 spiro atoms. The summed E-state index contributed by atoms with van der Waals surface area (Å²) < 4.78 is 0. The first-order chi connectivity index (χ1) is 11.6. The van der Waals surface area contributed by atoms with Crippen LogP contribution in [0.15, 0.2) is 84.9 Å². The summed E-state index contributed by atoms with van der Waals surface area (Å²) in [4.78, 5) is 0. The number of aliphatic hydroxyl groups is 1. The minimum absolute atomic E-state index is 0.216. The van der Waals surface area contributed by atoms with E-state index in [1.165, 1.54) is 0 Å². The smallest absolute Gasteiger partial charge is 0.130 e. The van der Waals surface area contributed by atoms with Gasteiger partial charge < -0.3 is 15.9 Å². The molecule has 0 aliphatic heterocycles. The average Bonchev–Trinajstić information content (AvgIpc) is 2.64. The zero-order valence-electron chi connectivity index (χ0n) is 13.3. The fourth-order valence-electron chi connectivity index (χ4n) is 3.01. The summed E-state index contributed by atoms with van der Waals surface area (Å²) in [5, 5.41) is 21.0. The maximum atomic E-state index is 11.6. The highest BCUT2D eigenvalue weighted by atomic mass is 16.3. The van der Waals surface area contributed by atoms with Crippen LogP contribution in [0.1, 0.15) is 16.7 Å². The van der Waals surface area contributed by atoms with E-state index >= 15 is 0 Å². The maximum Gasteiger partial charge on any atom is 0.130 e. The predicted molar refractivity (Wildman–Crippen MR) is 95.7 cm³/mol. The van der Waals surface area contributed by atoms with Crippen LogP contribution in [-0.4, -0.2) is 16.3 Å². The van der Waals surface area contributed by atoms with Gasteiger partial charge in [0.1, 0.15) is 11.4 Å². The van der Waals surface area contributed by atoms with E-state index in [-0.39, 0.29) is 5.75 Å². The normalized spacial score (nSPS) is 12.8. The molecule has 0 saturated carbocycles. The molecule has 0 radical (unpaired) electrons. The summed E-state index contributed by atoms with van der Waals surface area (Å²) in [6, 6.07) is 25.4. The van der Waals surface area contributed by atoms with Crippen LogP contribution in [0.25, 0.3) is 0 Å². The SMILES string of the molecule is NC(Cc1ccc(O)cc1)C(O)(c1ccccc1)c1ccccc1. The summed E-state index contributed by atoms with van der Waals surface area (Å²) in [6.07, 6.45) is 0.487. The van der Waals surface area contributed by atoms with E-state index in [1.54, 1.807) is 12.1 Å². The number of rotatable bonds is 5. The Morgan fingerprint density at radius 2 is 1.21 bits per heavy atom. The van der Waals surface area contributed by atoms with Crippen molar-refractivity contribution in [3.05, 3.63) is 102 Å². The lowest BCUT2D eigenvalue weighted by Gasteiger charge is -2.35. The zero-order valence-corrected chi connectivity index (χ0v) is 13.3. The van der Waals surface area contributed by atoms with Gasteiger partial charge in [-0.1, -0.05) is 72.8 Å². The summed E-state index contributed by atoms with van der Waals surface area (Å²) in [5.41, 5.74) is 7.68. The van der Waals surface area contributed by atoms with Crippen LogP contribution in [-0.2, 0) is 12.0 Å². The Morgan fingerprint density at radius 3 is 1.67 bits per heavy atom. The second-order valence-electron chi connectivity index (χ2n) is 5.98. The van der Waals surface area contributed by atoms with Gasteiger partial charge >= 0.3 is 0 Å². The molecule has 1 atom stereocenters. The molecule has 0 bridgehead atoms. The van der Waals surface area contributed by atoms with Crippen LogP contribution >= 0.6 is 0 Å². The third-order valence-corrected chi connectivity index (χ3v) is 4.36. The Bertz CT molecular complexity index is 730. The molecule has 122 valence electrons. The third kappa shape index (κ3) is 3.18. The van der Waals surface area contributed by atoms with Gasteiger partial charge in [0, 0.05) is 6.04 Å². The van der Waals surface area contributed by atoms with E-state index in [4.69, 9.17) is 5.73 Å². The molecule has 0 aromatic heterocycles. The van der Waals surface area contributed by atoms with E-state index in [2.05, 4.69) is 0 Å². The molecule has 3 nitrogen and oxygen atoms in total. The van der Waals surface area contributed by atoms with Gasteiger partial charge in [-0.2, -0.15) is 0 Å². The van der Waals surface area contributed by atoms with Crippen molar-refractivity contribution in [1.82, 2.24) is 0 Å². The first kappa shape index (κ1) is 16.2. The number of benzene rings is 3. The number of hydrogen-bond acceptors (Lipinski definition) is 3. The summed E-state index contributed by atoms with van der Waals surface area (Å²) >= 11 is 0. The highest BCUT2D eigenvalue weighted by Crippen LogP contribution is 2.33. The molecular formula is C21H21NO2. The fraction of sp³-hybridized carbons (Fsp3) is 0.143. The maximum absolute atomic E-state index is 11.6. The minimum atomic E-state index is -1.29. The van der Waals surface area contributed by atoms with Crippen molar-refractivity contribution < 1.29 is 10.2 Å². The lowest BCUT2D eigenvalue weighted by Crippen LogP contribution is -2.47. The number of hydrogen-bond donors (Lipinski definition) is 3. The Morgan fingerprint density at radius 1 is 0.750 bits per heavy atom. The number of nitrogens with two attached hydrogens (primary N) is 1. The third-order valence-electron chi connectivity index (χ3n) is 4.36. The number of phenols is 1. The van der Waals surface area contributed by atoms with Gasteiger partial charge in [-0.25, -0.2) is 0 Å². The largest absolute Gasteiger partial charge is 0.508 e. The lowest BCUT2D eigenvalue weighted by atomic mass is 9.78. The number of phenolic OH excluding ortho intramolecular Hbond substituents is 1. The average molecular weight is 319 g/mol. The fourth-order valence-corrected chi connectivity index (χ4v) is 3.01. The molecule has 0 heterocycles. The molecule has 3 aromatic rings. The van der Waals surface area contributed by atoms with Crippen LogP contribution in [0.2, 0.25) is 0 Å². The van der Waals surface area contributed by atoms with Crippen LogP contribution in [0.5, 0.6) is 5.75 Å². The molecule has 3 heteroatoms. The number of aromatic hydroxyl groups is 1. The molecule has 0 aliphatic carbocycles. The van der Waals surface area contributed by atoms with E-state index in [0.717, 1.165) is 16.7 Å². The molecule has 3 rings (SSSR count). The highest BCUT2D eigenvalue weighted by molar-refractivity contribution is 5.39. The van der Waals surface area contributed by atoms with Gasteiger partial charge in [-0.15, -0.1) is 0 Å². The molecule has 4 N–H and O–H groups in total. The monoisotopic (exact) mass is 319 g/mol. The van der Waals surface area contributed by atoms with Crippen molar-refractivity contribution in [1.29, 1.82) is 0 Å². The molecule has 24 heavy (non-hydrogen) atoms. The minimum Gasteiger partial charge on any atom is -0.508 e. The zero-order chi connectivity index (χ0) is 17.0. The van der Waals surface area contributed by atoms with Gasteiger partial charge in [-0.05, 0) is 35.2 Å². The van der Waals surface area contributed by atoms with Crippen molar-refractivity contribution >= 4 is 0 Å². The lowest BCUT2D eigenvalue weighted by molar-refractivity contribution is 0.0516. The quantitative estimate of drug-likeness (QED) is 0.676. The summed E-state index contributed by atoms with van der Waals surface area (Å²) in [6.45, 7) is 0. The standard InChI is InChI=1S/C21H21NO2/c22-20(15-16-11-13-19(23)14-12-16)21(24,17-7-3-1-4-8-17)18-9-5-2-6-10-18/h1-14,20,23-24H,15,22H2. The Hall–Kier alpha value is -2.62. The van der Waals surface area contributed by atoms with Gasteiger partial charge in [0.2, 0.25) is 0 Å². The molecule has 3 aromatic carbocycles. The van der Waals surface area contributed by atoms with Crippen molar-refractivity contribution in [3.63, 3.8) is 0 Å². The predicted octanol–water partition coefficient (Wildman–Crippen LogP) is 3.20. The molecule has 0 fully saturated rings. The van der Waals surface area contributed by atoms with Crippen LogP contribution in [0.4, 0.5) is 0 Å². The molecule has 0 amide bonds. The van der Waals surface area contributed by atoms with Crippen molar-refractivity contribution in [3.8, 4) is 5.75 Å². The van der Waals surface area contributed by atoms with E-state index in [1.807, 2.05) is 72.8 Å².